The molecule has 0 bridgehead atoms. The summed E-state index contributed by atoms with van der Waals surface area (Å²) in [6.45, 7) is 5.63. The maximum atomic E-state index is 11.1. The smallest absolute Gasteiger partial charge is 0.307 e. The molecule has 13 heavy (non-hydrogen) atoms. The van der Waals surface area contributed by atoms with Gasteiger partial charge in [0.25, 0.3) is 0 Å². The van der Waals surface area contributed by atoms with E-state index >= 15 is 0 Å². The highest BCUT2D eigenvalue weighted by Gasteiger charge is 2.05. The predicted molar refractivity (Wildman–Crippen MR) is 53.1 cm³/mol. The molecule has 0 aliphatic rings. The molecule has 74 valence electrons. The van der Waals surface area contributed by atoms with E-state index in [1.54, 1.807) is 13.8 Å². The highest BCUT2D eigenvalue weighted by molar-refractivity contribution is 5.69. The maximum absolute atomic E-state index is 11.1. The summed E-state index contributed by atoms with van der Waals surface area (Å²) in [6, 6.07) is 0. The minimum Gasteiger partial charge on any atom is -0.449 e. The molecule has 0 N–H and O–H groups in total. The van der Waals surface area contributed by atoms with E-state index < -0.39 is 0 Å². The first kappa shape index (κ1) is 12.0. The van der Waals surface area contributed by atoms with Crippen molar-refractivity contribution in [3.63, 3.8) is 0 Å². The highest BCUT2D eigenvalue weighted by Crippen LogP contribution is 2.02. The summed E-state index contributed by atoms with van der Waals surface area (Å²) in [5.74, 6) is 5.35. The molecular weight excluding hydrogens is 164 g/mol. The number of carbonyl (C=O) groups excluding carboxylic acids is 1. The first-order chi connectivity index (χ1) is 6.20. The Morgan fingerprint density at radius 3 is 2.69 bits per heavy atom. The molecule has 0 radical (unpaired) electrons. The van der Waals surface area contributed by atoms with Gasteiger partial charge in [0.15, 0.2) is 6.10 Å². The van der Waals surface area contributed by atoms with Crippen LogP contribution in [0.4, 0.5) is 0 Å². The lowest BCUT2D eigenvalue weighted by molar-refractivity contribution is -0.145. The number of ether oxygens (including phenoxy) is 1. The van der Waals surface area contributed by atoms with E-state index in [0.717, 1.165) is 19.3 Å². The van der Waals surface area contributed by atoms with Gasteiger partial charge in [-0.25, -0.2) is 0 Å². The van der Waals surface area contributed by atoms with Crippen molar-refractivity contribution < 1.29 is 9.53 Å². The number of carbonyl (C=O) groups is 1. The van der Waals surface area contributed by atoms with Crippen molar-refractivity contribution in [1.82, 2.24) is 0 Å². The first-order valence-corrected chi connectivity index (χ1v) is 4.82. The number of unbranched alkanes of at least 4 members (excludes halogenated alkanes) is 2. The standard InChI is InChI=1S/C11H18O2/c1-4-6-7-9-11(12)13-10(3)8-5-2/h10H,4,6-7,9H2,1-3H3. The van der Waals surface area contributed by atoms with Crippen LogP contribution in [0.3, 0.4) is 0 Å². The van der Waals surface area contributed by atoms with Gasteiger partial charge in [-0.3, -0.25) is 4.79 Å². The van der Waals surface area contributed by atoms with Crippen LogP contribution in [0, 0.1) is 11.8 Å². The molecular formula is C11H18O2. The molecule has 0 saturated heterocycles. The van der Waals surface area contributed by atoms with Crippen LogP contribution in [0.2, 0.25) is 0 Å². The Morgan fingerprint density at radius 2 is 2.15 bits per heavy atom. The van der Waals surface area contributed by atoms with Crippen LogP contribution < -0.4 is 0 Å². The number of hydrogen-bond acceptors (Lipinski definition) is 2. The van der Waals surface area contributed by atoms with Crippen molar-refractivity contribution >= 4 is 5.97 Å². The van der Waals surface area contributed by atoms with Crippen molar-refractivity contribution in [2.24, 2.45) is 0 Å². The predicted octanol–water partition coefficient (Wildman–Crippen LogP) is 2.52. The molecule has 0 heterocycles. The summed E-state index contributed by atoms with van der Waals surface area (Å²) in [5.41, 5.74) is 0. The molecule has 2 nitrogen and oxygen atoms in total. The van der Waals surface area contributed by atoms with Gasteiger partial charge in [0, 0.05) is 6.42 Å². The summed E-state index contributed by atoms with van der Waals surface area (Å²) >= 11 is 0. The van der Waals surface area contributed by atoms with Gasteiger partial charge >= 0.3 is 5.97 Å². The molecule has 0 saturated carbocycles. The topological polar surface area (TPSA) is 26.3 Å². The van der Waals surface area contributed by atoms with Crippen LogP contribution in [0.25, 0.3) is 0 Å². The Kier molecular flexibility index (Phi) is 7.10. The fourth-order valence-electron chi connectivity index (χ4n) is 1.01. The van der Waals surface area contributed by atoms with E-state index in [1.807, 2.05) is 0 Å². The van der Waals surface area contributed by atoms with Crippen molar-refractivity contribution in [3.05, 3.63) is 0 Å². The quantitative estimate of drug-likeness (QED) is 0.371. The van der Waals surface area contributed by atoms with Crippen LogP contribution in [0.1, 0.15) is 46.5 Å². The zero-order valence-corrected chi connectivity index (χ0v) is 8.72. The zero-order valence-electron chi connectivity index (χ0n) is 8.72. The monoisotopic (exact) mass is 182 g/mol. The second kappa shape index (κ2) is 7.67. The summed E-state index contributed by atoms with van der Waals surface area (Å²) in [4.78, 5) is 11.1. The fraction of sp³-hybridized carbons (Fsp3) is 0.727. The SMILES string of the molecule is CC#CC(C)OC(=O)CCCCC. The van der Waals surface area contributed by atoms with Crippen molar-refractivity contribution in [1.29, 1.82) is 0 Å². The van der Waals surface area contributed by atoms with E-state index in [-0.39, 0.29) is 12.1 Å². The average molecular weight is 182 g/mol. The number of hydrogen-bond donors (Lipinski definition) is 0. The molecule has 0 spiro atoms. The fourth-order valence-corrected chi connectivity index (χ4v) is 1.01. The molecule has 0 aromatic heterocycles. The molecule has 2 heteroatoms. The van der Waals surface area contributed by atoms with Gasteiger partial charge in [-0.1, -0.05) is 25.7 Å². The third-order valence-corrected chi connectivity index (χ3v) is 1.64. The second-order valence-electron chi connectivity index (χ2n) is 2.98. The Balaban J connectivity index is 3.54. The largest absolute Gasteiger partial charge is 0.449 e. The number of rotatable bonds is 5. The maximum Gasteiger partial charge on any atom is 0.307 e. The summed E-state index contributed by atoms with van der Waals surface area (Å²) in [5, 5.41) is 0. The lowest BCUT2D eigenvalue weighted by Gasteiger charge is -2.06. The van der Waals surface area contributed by atoms with Crippen LogP contribution in [0.5, 0.6) is 0 Å². The van der Waals surface area contributed by atoms with E-state index in [1.165, 1.54) is 0 Å². The van der Waals surface area contributed by atoms with Gasteiger partial charge in [-0.05, 0) is 20.3 Å². The zero-order chi connectivity index (χ0) is 10.1. The second-order valence-corrected chi connectivity index (χ2v) is 2.98. The third kappa shape index (κ3) is 7.39. The molecule has 0 amide bonds. The van der Waals surface area contributed by atoms with Crippen LogP contribution in [0.15, 0.2) is 0 Å². The number of esters is 1. The molecule has 0 rings (SSSR count). The van der Waals surface area contributed by atoms with Crippen molar-refractivity contribution in [2.75, 3.05) is 0 Å². The Labute approximate surface area is 80.7 Å². The minimum atomic E-state index is -0.265. The molecule has 0 fully saturated rings. The minimum absolute atomic E-state index is 0.135. The van der Waals surface area contributed by atoms with E-state index in [4.69, 9.17) is 4.74 Å². The van der Waals surface area contributed by atoms with Crippen LogP contribution in [-0.4, -0.2) is 12.1 Å². The molecule has 1 atom stereocenters. The normalized spacial score (nSPS) is 11.3. The lowest BCUT2D eigenvalue weighted by Crippen LogP contribution is -2.12. The Morgan fingerprint density at radius 1 is 1.46 bits per heavy atom. The molecule has 0 aromatic carbocycles. The van der Waals surface area contributed by atoms with Gasteiger partial charge in [-0.2, -0.15) is 0 Å². The van der Waals surface area contributed by atoms with Gasteiger partial charge in [0.05, 0.1) is 0 Å². The van der Waals surface area contributed by atoms with Crippen molar-refractivity contribution in [3.8, 4) is 11.8 Å². The Hall–Kier alpha value is -0.970. The molecule has 0 aliphatic carbocycles. The van der Waals surface area contributed by atoms with Gasteiger partial charge in [0.2, 0.25) is 0 Å². The Bertz CT molecular complexity index is 198. The summed E-state index contributed by atoms with van der Waals surface area (Å²) in [6.07, 6.45) is 3.38. The molecule has 1 unspecified atom stereocenters. The third-order valence-electron chi connectivity index (χ3n) is 1.64. The van der Waals surface area contributed by atoms with Crippen LogP contribution in [-0.2, 0) is 9.53 Å². The van der Waals surface area contributed by atoms with E-state index in [0.29, 0.717) is 6.42 Å². The van der Waals surface area contributed by atoms with Gasteiger partial charge in [-0.15, -0.1) is 5.92 Å². The molecule has 0 aliphatic heterocycles. The van der Waals surface area contributed by atoms with E-state index in [9.17, 15) is 4.79 Å². The van der Waals surface area contributed by atoms with Gasteiger partial charge in [0.1, 0.15) is 0 Å². The average Bonchev–Trinajstić information content (AvgIpc) is 2.05. The van der Waals surface area contributed by atoms with Crippen LogP contribution >= 0.6 is 0 Å². The first-order valence-electron chi connectivity index (χ1n) is 4.82. The summed E-state index contributed by atoms with van der Waals surface area (Å²) in [7, 11) is 0. The molecule has 0 aromatic rings. The lowest BCUT2D eigenvalue weighted by atomic mass is 10.2. The highest BCUT2D eigenvalue weighted by atomic mass is 16.5. The van der Waals surface area contributed by atoms with E-state index in [2.05, 4.69) is 18.8 Å². The summed E-state index contributed by atoms with van der Waals surface area (Å²) < 4.78 is 5.02. The van der Waals surface area contributed by atoms with Crippen molar-refractivity contribution in [2.45, 2.75) is 52.6 Å². The van der Waals surface area contributed by atoms with Gasteiger partial charge < -0.3 is 4.74 Å².